The van der Waals surface area contributed by atoms with Gasteiger partial charge in [-0.15, -0.1) is 0 Å². The summed E-state index contributed by atoms with van der Waals surface area (Å²) in [6.45, 7) is 2.27. The Bertz CT molecular complexity index is 537. The Morgan fingerprint density at radius 1 is 1.43 bits per heavy atom. The van der Waals surface area contributed by atoms with Gasteiger partial charge < -0.3 is 14.9 Å². The first-order valence-electron chi connectivity index (χ1n) is 7.09. The number of carboxylic acid groups (broad SMARTS) is 1. The van der Waals surface area contributed by atoms with Crippen molar-refractivity contribution in [1.82, 2.24) is 4.90 Å². The fraction of sp³-hybridized carbons (Fsp3) is 0.438. The van der Waals surface area contributed by atoms with E-state index >= 15 is 0 Å². The molecule has 0 radical (unpaired) electrons. The van der Waals surface area contributed by atoms with Crippen LogP contribution in [0.1, 0.15) is 18.4 Å². The van der Waals surface area contributed by atoms with Gasteiger partial charge in [0.1, 0.15) is 0 Å². The van der Waals surface area contributed by atoms with Gasteiger partial charge in [0.15, 0.2) is 0 Å². The second-order valence-electron chi connectivity index (χ2n) is 5.52. The molecule has 0 saturated carbocycles. The molecule has 4 nitrogen and oxygen atoms in total. The Kier molecular flexibility index (Phi) is 5.42. The van der Waals surface area contributed by atoms with Crippen LogP contribution >= 0.6 is 15.9 Å². The number of nitrogens with zero attached hydrogens (tertiary/aromatic N) is 2. The summed E-state index contributed by atoms with van der Waals surface area (Å²) in [5.74, 6) is -0.936. The maximum Gasteiger partial charge on any atom is 0.328 e. The third-order valence-corrected chi connectivity index (χ3v) is 4.72. The van der Waals surface area contributed by atoms with E-state index in [2.05, 4.69) is 45.9 Å². The van der Waals surface area contributed by atoms with Crippen molar-refractivity contribution in [3.05, 3.63) is 34.3 Å². The molecule has 0 bridgehead atoms. The van der Waals surface area contributed by atoms with Gasteiger partial charge in [0.2, 0.25) is 0 Å². The summed E-state index contributed by atoms with van der Waals surface area (Å²) < 4.78 is 0.914. The van der Waals surface area contributed by atoms with E-state index < -0.39 is 5.97 Å². The van der Waals surface area contributed by atoms with Crippen LogP contribution in [0.2, 0.25) is 0 Å². The van der Waals surface area contributed by atoms with Crippen molar-refractivity contribution in [2.24, 2.45) is 0 Å². The fourth-order valence-corrected chi connectivity index (χ4v) is 3.12. The smallest absolute Gasteiger partial charge is 0.328 e. The lowest BCUT2D eigenvalue weighted by Gasteiger charge is -2.36. The second-order valence-corrected chi connectivity index (χ2v) is 6.38. The van der Waals surface area contributed by atoms with Gasteiger partial charge in [-0.2, -0.15) is 0 Å². The number of piperidine rings is 1. The summed E-state index contributed by atoms with van der Waals surface area (Å²) >= 11 is 3.52. The average molecular weight is 353 g/mol. The molecule has 1 aromatic carbocycles. The Balaban J connectivity index is 2.10. The molecule has 0 spiro atoms. The topological polar surface area (TPSA) is 43.8 Å². The highest BCUT2D eigenvalue weighted by atomic mass is 79.9. The van der Waals surface area contributed by atoms with Crippen molar-refractivity contribution >= 4 is 33.7 Å². The highest BCUT2D eigenvalue weighted by Gasteiger charge is 2.21. The molecule has 5 heteroatoms. The van der Waals surface area contributed by atoms with E-state index in [-0.39, 0.29) is 0 Å². The maximum atomic E-state index is 10.6. The van der Waals surface area contributed by atoms with Gasteiger partial charge in [-0.05, 0) is 56.8 Å². The van der Waals surface area contributed by atoms with Crippen LogP contribution in [0.15, 0.2) is 28.7 Å². The molecule has 1 heterocycles. The van der Waals surface area contributed by atoms with E-state index in [0.717, 1.165) is 34.9 Å². The quantitative estimate of drug-likeness (QED) is 0.845. The highest BCUT2D eigenvalue weighted by molar-refractivity contribution is 9.10. The average Bonchev–Trinajstić information content (AvgIpc) is 2.46. The lowest BCUT2D eigenvalue weighted by Crippen LogP contribution is -2.41. The number of rotatable bonds is 4. The van der Waals surface area contributed by atoms with Gasteiger partial charge in [0, 0.05) is 29.3 Å². The third-order valence-electron chi connectivity index (χ3n) is 4.03. The minimum absolute atomic E-state index is 0.563. The lowest BCUT2D eigenvalue weighted by molar-refractivity contribution is -0.131. The van der Waals surface area contributed by atoms with Crippen LogP contribution in [0.5, 0.6) is 0 Å². The van der Waals surface area contributed by atoms with E-state index in [9.17, 15) is 4.79 Å². The summed E-state index contributed by atoms with van der Waals surface area (Å²) in [4.78, 5) is 15.3. The Morgan fingerprint density at radius 2 is 2.10 bits per heavy atom. The number of likely N-dealkylation sites (tertiary alicyclic amines) is 1. The molecular formula is C16H21BrN2O2. The fourth-order valence-electron chi connectivity index (χ4n) is 2.62. The molecule has 0 atom stereocenters. The van der Waals surface area contributed by atoms with Gasteiger partial charge in [-0.3, -0.25) is 0 Å². The third kappa shape index (κ3) is 4.32. The van der Waals surface area contributed by atoms with E-state index in [1.54, 1.807) is 6.08 Å². The molecule has 114 valence electrons. The van der Waals surface area contributed by atoms with Crippen molar-refractivity contribution in [2.75, 3.05) is 32.1 Å². The number of benzene rings is 1. The van der Waals surface area contributed by atoms with E-state index in [4.69, 9.17) is 5.11 Å². The number of halogens is 1. The number of anilines is 1. The zero-order valence-corrected chi connectivity index (χ0v) is 14.0. The Morgan fingerprint density at radius 3 is 2.67 bits per heavy atom. The van der Waals surface area contributed by atoms with E-state index in [1.165, 1.54) is 12.8 Å². The van der Waals surface area contributed by atoms with Gasteiger partial charge in [-0.25, -0.2) is 4.79 Å². The van der Waals surface area contributed by atoms with Crippen molar-refractivity contribution in [2.45, 2.75) is 18.9 Å². The zero-order chi connectivity index (χ0) is 15.4. The molecule has 1 saturated heterocycles. The summed E-state index contributed by atoms with van der Waals surface area (Å²) in [5.41, 5.74) is 2.03. The van der Waals surface area contributed by atoms with E-state index in [1.807, 2.05) is 12.1 Å². The largest absolute Gasteiger partial charge is 0.478 e. The first kappa shape index (κ1) is 16.0. The molecule has 0 aliphatic carbocycles. The predicted octanol–water partition coefficient (Wildman–Crippen LogP) is 3.08. The predicted molar refractivity (Wildman–Crippen MR) is 89.7 cm³/mol. The van der Waals surface area contributed by atoms with Crippen LogP contribution in [0, 0.1) is 0 Å². The van der Waals surface area contributed by atoms with Gasteiger partial charge in [0.05, 0.1) is 0 Å². The molecule has 1 aliphatic rings. The molecule has 21 heavy (non-hydrogen) atoms. The normalized spacial score (nSPS) is 17.3. The minimum atomic E-state index is -0.936. The second kappa shape index (κ2) is 7.09. The van der Waals surface area contributed by atoms with Crippen molar-refractivity contribution in [1.29, 1.82) is 0 Å². The number of hydrogen-bond donors (Lipinski definition) is 1. The summed E-state index contributed by atoms with van der Waals surface area (Å²) in [7, 11) is 4.29. The summed E-state index contributed by atoms with van der Waals surface area (Å²) in [6.07, 6.45) is 5.10. The van der Waals surface area contributed by atoms with Gasteiger partial charge >= 0.3 is 5.97 Å². The SMILES string of the molecule is CN1CCC(N(C)c2ccc(/C=C/C(=O)O)c(Br)c2)CC1. The van der Waals surface area contributed by atoms with Gasteiger partial charge in [-0.1, -0.05) is 22.0 Å². The summed E-state index contributed by atoms with van der Waals surface area (Å²) in [6, 6.07) is 6.61. The van der Waals surface area contributed by atoms with Crippen LogP contribution < -0.4 is 4.90 Å². The first-order valence-corrected chi connectivity index (χ1v) is 7.88. The number of carbonyl (C=O) groups is 1. The zero-order valence-electron chi connectivity index (χ0n) is 12.4. The molecule has 1 fully saturated rings. The first-order chi connectivity index (χ1) is 9.97. The highest BCUT2D eigenvalue weighted by Crippen LogP contribution is 2.27. The van der Waals surface area contributed by atoms with E-state index in [0.29, 0.717) is 6.04 Å². The maximum absolute atomic E-state index is 10.6. The monoisotopic (exact) mass is 352 g/mol. The van der Waals surface area contributed by atoms with Crippen LogP contribution in [-0.2, 0) is 4.79 Å². The Labute approximate surface area is 134 Å². The van der Waals surface area contributed by atoms with Crippen LogP contribution in [-0.4, -0.2) is 49.2 Å². The number of carboxylic acids is 1. The molecule has 2 rings (SSSR count). The molecule has 1 N–H and O–H groups in total. The number of hydrogen-bond acceptors (Lipinski definition) is 3. The van der Waals surface area contributed by atoms with Crippen LogP contribution in [0.3, 0.4) is 0 Å². The molecule has 1 aliphatic heterocycles. The standard InChI is InChI=1S/C16H21BrN2O2/c1-18-9-7-13(8-10-18)19(2)14-5-3-12(15(17)11-14)4-6-16(20)21/h3-6,11,13H,7-10H2,1-2H3,(H,20,21)/b6-4+. The van der Waals surface area contributed by atoms with Crippen molar-refractivity contribution in [3.8, 4) is 0 Å². The molecular weight excluding hydrogens is 332 g/mol. The molecule has 0 unspecified atom stereocenters. The Hall–Kier alpha value is -1.33. The molecule has 0 amide bonds. The van der Waals surface area contributed by atoms with Crippen LogP contribution in [0.25, 0.3) is 6.08 Å². The number of aliphatic carboxylic acids is 1. The molecule has 0 aromatic heterocycles. The van der Waals surface area contributed by atoms with Crippen molar-refractivity contribution < 1.29 is 9.90 Å². The van der Waals surface area contributed by atoms with Crippen LogP contribution in [0.4, 0.5) is 5.69 Å². The van der Waals surface area contributed by atoms with Crippen molar-refractivity contribution in [3.63, 3.8) is 0 Å². The lowest BCUT2D eigenvalue weighted by atomic mass is 10.0. The minimum Gasteiger partial charge on any atom is -0.478 e. The summed E-state index contributed by atoms with van der Waals surface area (Å²) in [5, 5.41) is 8.69. The molecule has 1 aromatic rings. The van der Waals surface area contributed by atoms with Gasteiger partial charge in [0.25, 0.3) is 0 Å².